The van der Waals surface area contributed by atoms with E-state index in [2.05, 4.69) is 4.98 Å². The van der Waals surface area contributed by atoms with Crippen LogP contribution in [0.3, 0.4) is 0 Å². The molecular weight excluding hydrogens is 314 g/mol. The molecule has 7 heteroatoms. The number of aryl methyl sites for hydroxylation is 1. The molecule has 0 unspecified atom stereocenters. The Kier molecular flexibility index (Phi) is 4.07. The molecular formula is C17H15NO6. The summed E-state index contributed by atoms with van der Waals surface area (Å²) in [5.74, 6) is -1.57. The van der Waals surface area contributed by atoms with Gasteiger partial charge in [-0.15, -0.1) is 0 Å². The third-order valence-corrected chi connectivity index (χ3v) is 3.76. The molecule has 0 aliphatic carbocycles. The fourth-order valence-electron chi connectivity index (χ4n) is 2.82. The Morgan fingerprint density at radius 2 is 2.12 bits per heavy atom. The smallest absolute Gasteiger partial charge is 0.341 e. The van der Waals surface area contributed by atoms with Crippen molar-refractivity contribution in [1.29, 1.82) is 0 Å². The molecule has 0 saturated carbocycles. The summed E-state index contributed by atoms with van der Waals surface area (Å²) in [5, 5.41) is 8.80. The van der Waals surface area contributed by atoms with Crippen LogP contribution in [0.1, 0.15) is 29.2 Å². The van der Waals surface area contributed by atoms with E-state index in [1.807, 2.05) is 0 Å². The molecule has 0 fully saturated rings. The number of esters is 1. The lowest BCUT2D eigenvalue weighted by atomic mass is 9.86. The van der Waals surface area contributed by atoms with Crippen LogP contribution in [0, 0.1) is 6.92 Å². The predicted octanol–water partition coefficient (Wildman–Crippen LogP) is 1.59. The van der Waals surface area contributed by atoms with E-state index in [0.717, 1.165) is 0 Å². The third-order valence-electron chi connectivity index (χ3n) is 3.76. The van der Waals surface area contributed by atoms with Crippen molar-refractivity contribution < 1.29 is 24.2 Å². The number of nitrogens with one attached hydrogen (secondary N) is 1. The molecule has 0 saturated heterocycles. The Hall–Kier alpha value is -3.09. The number of hydrogen-bond acceptors (Lipinski definition) is 5. The molecule has 0 bridgehead atoms. The summed E-state index contributed by atoms with van der Waals surface area (Å²) in [4.78, 5) is 37.8. The normalized spacial score (nSPS) is 16.2. The lowest BCUT2D eigenvalue weighted by Gasteiger charge is -2.25. The molecule has 1 aromatic carbocycles. The van der Waals surface area contributed by atoms with Crippen LogP contribution in [0.15, 0.2) is 35.1 Å². The average molecular weight is 329 g/mol. The molecule has 124 valence electrons. The van der Waals surface area contributed by atoms with Crippen LogP contribution in [0.2, 0.25) is 0 Å². The Morgan fingerprint density at radius 3 is 2.88 bits per heavy atom. The summed E-state index contributed by atoms with van der Waals surface area (Å²) in [6.07, 6.45) is -0.0212. The van der Waals surface area contributed by atoms with Gasteiger partial charge in [0.05, 0.1) is 12.0 Å². The molecule has 0 radical (unpaired) electrons. The van der Waals surface area contributed by atoms with Gasteiger partial charge in [-0.25, -0.2) is 4.79 Å². The number of hydrogen-bond donors (Lipinski definition) is 2. The van der Waals surface area contributed by atoms with E-state index < -0.39 is 24.5 Å². The molecule has 3 rings (SSSR count). The van der Waals surface area contributed by atoms with Crippen molar-refractivity contribution in [2.24, 2.45) is 0 Å². The highest BCUT2D eigenvalue weighted by Gasteiger charge is 2.33. The maximum absolute atomic E-state index is 12.4. The number of pyridine rings is 1. The second-order valence-electron chi connectivity index (χ2n) is 5.51. The van der Waals surface area contributed by atoms with Crippen molar-refractivity contribution >= 4 is 11.9 Å². The number of aromatic nitrogens is 1. The van der Waals surface area contributed by atoms with Crippen molar-refractivity contribution in [3.63, 3.8) is 0 Å². The number of carboxylic acids is 1. The van der Waals surface area contributed by atoms with E-state index in [0.29, 0.717) is 22.6 Å². The van der Waals surface area contributed by atoms with E-state index in [-0.39, 0.29) is 17.7 Å². The molecule has 0 amide bonds. The number of para-hydroxylation sites is 1. The minimum absolute atomic E-state index is 0.0212. The van der Waals surface area contributed by atoms with Crippen LogP contribution in [0.25, 0.3) is 0 Å². The van der Waals surface area contributed by atoms with Gasteiger partial charge in [-0.3, -0.25) is 9.59 Å². The summed E-state index contributed by atoms with van der Waals surface area (Å²) in [7, 11) is 0. The van der Waals surface area contributed by atoms with Crippen molar-refractivity contribution in [2.45, 2.75) is 19.3 Å². The molecule has 0 spiro atoms. The lowest BCUT2D eigenvalue weighted by molar-refractivity contribution is -0.139. The van der Waals surface area contributed by atoms with Crippen molar-refractivity contribution in [3.8, 4) is 11.5 Å². The molecule has 2 aromatic rings. The Balaban J connectivity index is 2.10. The summed E-state index contributed by atoms with van der Waals surface area (Å²) in [6, 6.07) is 8.36. The first-order chi connectivity index (χ1) is 11.5. The van der Waals surface area contributed by atoms with Gasteiger partial charge in [-0.1, -0.05) is 18.2 Å². The summed E-state index contributed by atoms with van der Waals surface area (Å²) in [6.45, 7) is 1.19. The zero-order valence-corrected chi connectivity index (χ0v) is 12.9. The molecule has 24 heavy (non-hydrogen) atoms. The Bertz CT molecular complexity index is 870. The number of fused-ring (bicyclic) bond motifs is 1. The highest BCUT2D eigenvalue weighted by atomic mass is 16.5. The van der Waals surface area contributed by atoms with Gasteiger partial charge < -0.3 is 19.6 Å². The predicted molar refractivity (Wildman–Crippen MR) is 83.5 cm³/mol. The van der Waals surface area contributed by atoms with Crippen molar-refractivity contribution in [3.05, 3.63) is 57.5 Å². The van der Waals surface area contributed by atoms with E-state index in [4.69, 9.17) is 14.6 Å². The minimum Gasteiger partial charge on any atom is -0.482 e. The molecule has 2 N–H and O–H groups in total. The standard InChI is InChI=1S/C17H15NO6/c1-9-6-13-16(17(22)18-9)11(7-15(21)24-13)10-4-2-3-5-12(10)23-8-14(19)20/h2-6,11H,7-8H2,1H3,(H,18,22)(H,19,20)/t11-/m1/s1. The summed E-state index contributed by atoms with van der Waals surface area (Å²) < 4.78 is 10.5. The van der Waals surface area contributed by atoms with Crippen LogP contribution in [0.5, 0.6) is 11.5 Å². The number of aromatic amines is 1. The van der Waals surface area contributed by atoms with E-state index >= 15 is 0 Å². The van der Waals surface area contributed by atoms with Gasteiger partial charge in [0, 0.05) is 23.2 Å². The molecule has 2 heterocycles. The number of carboxylic acid groups (broad SMARTS) is 1. The van der Waals surface area contributed by atoms with E-state index in [1.54, 1.807) is 37.3 Å². The van der Waals surface area contributed by atoms with Gasteiger partial charge >= 0.3 is 11.9 Å². The van der Waals surface area contributed by atoms with Crippen LogP contribution in [-0.4, -0.2) is 28.6 Å². The first-order valence-electron chi connectivity index (χ1n) is 7.33. The number of carbonyl (C=O) groups is 2. The first kappa shape index (κ1) is 15.8. The van der Waals surface area contributed by atoms with Crippen molar-refractivity contribution in [1.82, 2.24) is 4.98 Å². The zero-order valence-electron chi connectivity index (χ0n) is 12.9. The second-order valence-corrected chi connectivity index (χ2v) is 5.51. The number of aliphatic carboxylic acids is 1. The van der Waals surface area contributed by atoms with Crippen LogP contribution in [-0.2, 0) is 9.59 Å². The molecule has 1 aliphatic rings. The molecule has 1 aromatic heterocycles. The fourth-order valence-corrected chi connectivity index (χ4v) is 2.82. The highest BCUT2D eigenvalue weighted by molar-refractivity contribution is 5.78. The number of rotatable bonds is 4. The largest absolute Gasteiger partial charge is 0.482 e. The maximum atomic E-state index is 12.4. The molecule has 7 nitrogen and oxygen atoms in total. The summed E-state index contributed by atoms with van der Waals surface area (Å²) in [5.41, 5.74) is 1.16. The van der Waals surface area contributed by atoms with Gasteiger partial charge in [-0.2, -0.15) is 0 Å². The zero-order chi connectivity index (χ0) is 17.3. The van der Waals surface area contributed by atoms with Crippen molar-refractivity contribution in [2.75, 3.05) is 6.61 Å². The molecule has 1 atom stereocenters. The third kappa shape index (κ3) is 3.01. The van der Waals surface area contributed by atoms with Crippen LogP contribution >= 0.6 is 0 Å². The molecule has 1 aliphatic heterocycles. The number of H-pyrrole nitrogens is 1. The Morgan fingerprint density at radius 1 is 1.38 bits per heavy atom. The van der Waals surface area contributed by atoms with Gasteiger partial charge in [0.15, 0.2) is 6.61 Å². The van der Waals surface area contributed by atoms with Gasteiger partial charge in [0.2, 0.25) is 0 Å². The second kappa shape index (κ2) is 6.19. The van der Waals surface area contributed by atoms with Crippen LogP contribution < -0.4 is 15.0 Å². The topological polar surface area (TPSA) is 106 Å². The minimum atomic E-state index is -1.11. The SMILES string of the molecule is Cc1cc2c(c(=O)[nH]1)[C@@H](c1ccccc1OCC(=O)O)CC(=O)O2. The van der Waals surface area contributed by atoms with Gasteiger partial charge in [-0.05, 0) is 13.0 Å². The van der Waals surface area contributed by atoms with E-state index in [9.17, 15) is 14.4 Å². The fraction of sp³-hybridized carbons (Fsp3) is 0.235. The highest BCUT2D eigenvalue weighted by Crippen LogP contribution is 2.40. The quantitative estimate of drug-likeness (QED) is 0.825. The first-order valence-corrected chi connectivity index (χ1v) is 7.33. The summed E-state index contributed by atoms with van der Waals surface area (Å²) >= 11 is 0. The van der Waals surface area contributed by atoms with Gasteiger partial charge in [0.1, 0.15) is 11.5 Å². The maximum Gasteiger partial charge on any atom is 0.341 e. The number of ether oxygens (including phenoxy) is 2. The number of carbonyl (C=O) groups excluding carboxylic acids is 1. The van der Waals surface area contributed by atoms with Gasteiger partial charge in [0.25, 0.3) is 5.56 Å². The average Bonchev–Trinajstić information content (AvgIpc) is 2.51. The monoisotopic (exact) mass is 329 g/mol. The number of benzene rings is 1. The lowest BCUT2D eigenvalue weighted by Crippen LogP contribution is -2.28. The van der Waals surface area contributed by atoms with Crippen LogP contribution in [0.4, 0.5) is 0 Å². The van der Waals surface area contributed by atoms with E-state index in [1.165, 1.54) is 0 Å². The Labute approximate surface area is 136 Å².